The molecule has 1 aromatic carbocycles. The Bertz CT molecular complexity index is 813. The van der Waals surface area contributed by atoms with E-state index in [1.165, 1.54) is 0 Å². The average molecular weight is 236 g/mol. The van der Waals surface area contributed by atoms with Crippen molar-refractivity contribution in [3.05, 3.63) is 42.6 Å². The van der Waals surface area contributed by atoms with E-state index in [4.69, 9.17) is 4.42 Å². The first-order chi connectivity index (χ1) is 8.90. The number of rotatable bonds is 1. The van der Waals surface area contributed by atoms with Crippen LogP contribution in [0, 0.1) is 0 Å². The first-order valence-corrected chi connectivity index (χ1v) is 5.56. The lowest BCUT2D eigenvalue weighted by atomic mass is 10.2. The minimum atomic E-state index is 0.606. The van der Waals surface area contributed by atoms with E-state index in [0.29, 0.717) is 5.65 Å². The summed E-state index contributed by atoms with van der Waals surface area (Å²) in [4.78, 5) is 4.22. The lowest BCUT2D eigenvalue weighted by Gasteiger charge is -1.94. The molecule has 0 saturated carbocycles. The van der Waals surface area contributed by atoms with Crippen molar-refractivity contribution in [1.29, 1.82) is 0 Å². The largest absolute Gasteiger partial charge is 0.456 e. The smallest absolute Gasteiger partial charge is 0.201 e. The SMILES string of the molecule is c1ccc2oc(-c3cnc4n[nH]nc4c3)cc2c1. The minimum absolute atomic E-state index is 0.606. The van der Waals surface area contributed by atoms with Gasteiger partial charge in [0.25, 0.3) is 0 Å². The summed E-state index contributed by atoms with van der Waals surface area (Å²) in [6.45, 7) is 0. The molecule has 1 N–H and O–H groups in total. The summed E-state index contributed by atoms with van der Waals surface area (Å²) in [6.07, 6.45) is 1.74. The number of nitrogens with zero attached hydrogens (tertiary/aromatic N) is 3. The van der Waals surface area contributed by atoms with Crippen LogP contribution in [0.4, 0.5) is 0 Å². The van der Waals surface area contributed by atoms with Crippen molar-refractivity contribution in [2.45, 2.75) is 0 Å². The Balaban J connectivity index is 1.94. The number of H-pyrrole nitrogens is 1. The van der Waals surface area contributed by atoms with Crippen molar-refractivity contribution in [3.8, 4) is 11.3 Å². The Morgan fingerprint density at radius 3 is 2.94 bits per heavy atom. The molecule has 0 atom stereocenters. The van der Waals surface area contributed by atoms with Crippen LogP contribution in [-0.2, 0) is 0 Å². The Labute approximate surface area is 101 Å². The molecule has 5 heteroatoms. The fourth-order valence-corrected chi connectivity index (χ4v) is 2.00. The Hall–Kier alpha value is -2.69. The van der Waals surface area contributed by atoms with Crippen molar-refractivity contribution in [2.75, 3.05) is 0 Å². The molecular formula is C13H8N4O. The molecule has 3 heterocycles. The molecule has 5 nitrogen and oxygen atoms in total. The molecule has 3 aromatic heterocycles. The molecular weight excluding hydrogens is 228 g/mol. The van der Waals surface area contributed by atoms with Crippen molar-refractivity contribution in [1.82, 2.24) is 20.4 Å². The van der Waals surface area contributed by atoms with Crippen LogP contribution in [0.2, 0.25) is 0 Å². The van der Waals surface area contributed by atoms with Crippen LogP contribution in [0.1, 0.15) is 0 Å². The van der Waals surface area contributed by atoms with Gasteiger partial charge in [0.2, 0.25) is 5.65 Å². The fourth-order valence-electron chi connectivity index (χ4n) is 2.00. The van der Waals surface area contributed by atoms with Crippen LogP contribution < -0.4 is 0 Å². The van der Waals surface area contributed by atoms with Gasteiger partial charge in [-0.25, -0.2) is 4.98 Å². The zero-order chi connectivity index (χ0) is 11.9. The summed E-state index contributed by atoms with van der Waals surface area (Å²) >= 11 is 0. The van der Waals surface area contributed by atoms with Crippen LogP contribution >= 0.6 is 0 Å². The second-order valence-electron chi connectivity index (χ2n) is 4.04. The van der Waals surface area contributed by atoms with E-state index in [-0.39, 0.29) is 0 Å². The summed E-state index contributed by atoms with van der Waals surface area (Å²) in [5.74, 6) is 0.786. The highest BCUT2D eigenvalue weighted by atomic mass is 16.3. The van der Waals surface area contributed by atoms with Gasteiger partial charge in [0.15, 0.2) is 0 Å². The number of fused-ring (bicyclic) bond motifs is 2. The lowest BCUT2D eigenvalue weighted by molar-refractivity contribution is 0.631. The third kappa shape index (κ3) is 1.31. The number of hydrogen-bond acceptors (Lipinski definition) is 4. The van der Waals surface area contributed by atoms with Crippen LogP contribution in [0.5, 0.6) is 0 Å². The third-order valence-corrected chi connectivity index (χ3v) is 2.88. The first-order valence-electron chi connectivity index (χ1n) is 5.56. The second kappa shape index (κ2) is 3.40. The molecule has 0 aliphatic rings. The number of pyridine rings is 1. The van der Waals surface area contributed by atoms with Crippen LogP contribution in [0.25, 0.3) is 33.5 Å². The van der Waals surface area contributed by atoms with Gasteiger partial charge in [0.05, 0.1) is 0 Å². The van der Waals surface area contributed by atoms with Gasteiger partial charge in [-0.15, -0.1) is 5.10 Å². The molecule has 0 aliphatic carbocycles. The maximum Gasteiger partial charge on any atom is 0.201 e. The predicted octanol–water partition coefficient (Wildman–Crippen LogP) is 2.77. The zero-order valence-corrected chi connectivity index (χ0v) is 9.29. The molecule has 0 unspecified atom stereocenters. The monoisotopic (exact) mass is 236 g/mol. The summed E-state index contributed by atoms with van der Waals surface area (Å²) in [5.41, 5.74) is 3.10. The van der Waals surface area contributed by atoms with Crippen molar-refractivity contribution < 1.29 is 4.42 Å². The summed E-state index contributed by atoms with van der Waals surface area (Å²) in [6, 6.07) is 11.8. The van der Waals surface area contributed by atoms with Gasteiger partial charge in [-0.3, -0.25) is 0 Å². The number of benzene rings is 1. The molecule has 0 radical (unpaired) electrons. The highest BCUT2D eigenvalue weighted by Crippen LogP contribution is 2.28. The second-order valence-corrected chi connectivity index (χ2v) is 4.04. The number of furan rings is 1. The molecule has 18 heavy (non-hydrogen) atoms. The third-order valence-electron chi connectivity index (χ3n) is 2.88. The van der Waals surface area contributed by atoms with Gasteiger partial charge >= 0.3 is 0 Å². The fraction of sp³-hybridized carbons (Fsp3) is 0. The number of aromatic amines is 1. The molecule has 4 rings (SSSR count). The summed E-state index contributed by atoms with van der Waals surface area (Å²) in [5, 5.41) is 11.6. The lowest BCUT2D eigenvalue weighted by Crippen LogP contribution is -1.79. The molecule has 0 fully saturated rings. The maximum atomic E-state index is 5.78. The topological polar surface area (TPSA) is 67.6 Å². The van der Waals surface area contributed by atoms with Crippen molar-refractivity contribution in [3.63, 3.8) is 0 Å². The van der Waals surface area contributed by atoms with Crippen LogP contribution in [0.3, 0.4) is 0 Å². The quantitative estimate of drug-likeness (QED) is 0.551. The van der Waals surface area contributed by atoms with Crippen molar-refractivity contribution in [2.24, 2.45) is 0 Å². The van der Waals surface area contributed by atoms with Gasteiger partial charge < -0.3 is 4.42 Å². The number of para-hydroxylation sites is 1. The van der Waals surface area contributed by atoms with Crippen LogP contribution in [-0.4, -0.2) is 20.4 Å². The highest BCUT2D eigenvalue weighted by molar-refractivity contribution is 5.84. The summed E-state index contributed by atoms with van der Waals surface area (Å²) < 4.78 is 5.78. The normalized spacial score (nSPS) is 11.3. The van der Waals surface area contributed by atoms with E-state index in [1.54, 1.807) is 6.20 Å². The maximum absolute atomic E-state index is 5.78. The molecule has 0 amide bonds. The van der Waals surface area contributed by atoms with E-state index in [1.807, 2.05) is 36.4 Å². The number of aromatic nitrogens is 4. The standard InChI is InChI=1S/C13H8N4O/c1-2-4-11-8(3-1)6-12(18-11)9-5-10-13(14-7-9)16-17-15-10/h1-7H,(H,14,15,16,17). The van der Waals surface area contributed by atoms with Gasteiger partial charge in [-0.1, -0.05) is 18.2 Å². The van der Waals surface area contributed by atoms with E-state index in [0.717, 1.165) is 27.8 Å². The number of hydrogen-bond donors (Lipinski definition) is 1. The first kappa shape index (κ1) is 9.35. The minimum Gasteiger partial charge on any atom is -0.456 e. The Morgan fingerprint density at radius 2 is 2.00 bits per heavy atom. The Kier molecular flexibility index (Phi) is 1.77. The predicted molar refractivity (Wildman–Crippen MR) is 66.9 cm³/mol. The molecule has 0 saturated heterocycles. The molecule has 0 bridgehead atoms. The van der Waals surface area contributed by atoms with Gasteiger partial charge in [0.1, 0.15) is 16.9 Å². The van der Waals surface area contributed by atoms with Gasteiger partial charge in [-0.2, -0.15) is 10.3 Å². The van der Waals surface area contributed by atoms with Crippen LogP contribution in [0.15, 0.2) is 47.0 Å². The molecule has 0 aliphatic heterocycles. The Morgan fingerprint density at radius 1 is 1.06 bits per heavy atom. The molecule has 86 valence electrons. The average Bonchev–Trinajstić information content (AvgIpc) is 3.04. The molecule has 4 aromatic rings. The molecule has 0 spiro atoms. The summed E-state index contributed by atoms with van der Waals surface area (Å²) in [7, 11) is 0. The van der Waals surface area contributed by atoms with E-state index < -0.39 is 0 Å². The van der Waals surface area contributed by atoms with Gasteiger partial charge in [-0.05, 0) is 18.2 Å². The highest BCUT2D eigenvalue weighted by Gasteiger charge is 2.08. The van der Waals surface area contributed by atoms with E-state index in [2.05, 4.69) is 20.4 Å². The zero-order valence-electron chi connectivity index (χ0n) is 9.29. The van der Waals surface area contributed by atoms with E-state index >= 15 is 0 Å². The van der Waals surface area contributed by atoms with E-state index in [9.17, 15) is 0 Å². The number of nitrogens with one attached hydrogen (secondary N) is 1. The van der Waals surface area contributed by atoms with Gasteiger partial charge in [0, 0.05) is 17.1 Å². The van der Waals surface area contributed by atoms with Crippen molar-refractivity contribution >= 4 is 22.1 Å².